The van der Waals surface area contributed by atoms with Crippen molar-refractivity contribution < 1.29 is 9.26 Å². The lowest BCUT2D eigenvalue weighted by Gasteiger charge is -2.10. The summed E-state index contributed by atoms with van der Waals surface area (Å²) in [6.45, 7) is 0. The standard InChI is InChI=1S/C12H9N5O2/c13-8-5-4-7(11-12(8)17-19-16-11)6-2-1-3-9-10(6)15-18-14-9/h2,4-5H,1,3,13H2. The second-order valence-corrected chi connectivity index (χ2v) is 4.38. The van der Waals surface area contributed by atoms with E-state index in [1.807, 2.05) is 6.07 Å². The summed E-state index contributed by atoms with van der Waals surface area (Å²) in [5, 5.41) is 15.6. The predicted octanol–water partition coefficient (Wildman–Crippen LogP) is 1.57. The van der Waals surface area contributed by atoms with Gasteiger partial charge in [-0.1, -0.05) is 11.2 Å². The van der Waals surface area contributed by atoms with Gasteiger partial charge in [0.05, 0.1) is 5.69 Å². The minimum Gasteiger partial charge on any atom is -0.397 e. The summed E-state index contributed by atoms with van der Waals surface area (Å²) in [6, 6.07) is 3.67. The fourth-order valence-electron chi connectivity index (χ4n) is 2.37. The number of fused-ring (bicyclic) bond motifs is 2. The number of anilines is 1. The quantitative estimate of drug-likeness (QED) is 0.658. The van der Waals surface area contributed by atoms with Crippen molar-refractivity contribution in [3.63, 3.8) is 0 Å². The first kappa shape index (κ1) is 10.2. The fourth-order valence-corrected chi connectivity index (χ4v) is 2.37. The molecule has 0 amide bonds. The second-order valence-electron chi connectivity index (χ2n) is 4.38. The summed E-state index contributed by atoms with van der Waals surface area (Å²) in [4.78, 5) is 0. The van der Waals surface area contributed by atoms with Gasteiger partial charge in [-0.15, -0.1) is 0 Å². The van der Waals surface area contributed by atoms with Gasteiger partial charge < -0.3 is 5.73 Å². The van der Waals surface area contributed by atoms with Crippen molar-refractivity contribution >= 4 is 22.3 Å². The van der Waals surface area contributed by atoms with Crippen LogP contribution < -0.4 is 5.73 Å². The highest BCUT2D eigenvalue weighted by molar-refractivity contribution is 5.98. The Balaban J connectivity index is 1.99. The van der Waals surface area contributed by atoms with Crippen LogP contribution in [-0.2, 0) is 6.42 Å². The molecule has 19 heavy (non-hydrogen) atoms. The first-order valence-electron chi connectivity index (χ1n) is 5.87. The van der Waals surface area contributed by atoms with Crippen LogP contribution in [0.2, 0.25) is 0 Å². The van der Waals surface area contributed by atoms with Gasteiger partial charge in [-0.05, 0) is 40.4 Å². The summed E-state index contributed by atoms with van der Waals surface area (Å²) in [5.74, 6) is 0. The van der Waals surface area contributed by atoms with E-state index >= 15 is 0 Å². The Kier molecular flexibility index (Phi) is 1.96. The normalized spacial score (nSPS) is 14.4. The summed E-state index contributed by atoms with van der Waals surface area (Å²) in [6.07, 6.45) is 3.80. The van der Waals surface area contributed by atoms with Gasteiger partial charge in [-0.25, -0.2) is 9.26 Å². The van der Waals surface area contributed by atoms with Crippen LogP contribution in [0.25, 0.3) is 16.6 Å². The average molecular weight is 255 g/mol. The van der Waals surface area contributed by atoms with E-state index in [2.05, 4.69) is 26.7 Å². The Morgan fingerprint density at radius 1 is 1.00 bits per heavy atom. The Morgan fingerprint density at radius 3 is 2.79 bits per heavy atom. The Bertz CT molecular complexity index is 801. The summed E-state index contributed by atoms with van der Waals surface area (Å²) >= 11 is 0. The number of nitrogens with zero attached hydrogens (tertiary/aromatic N) is 4. The maximum absolute atomic E-state index is 5.85. The van der Waals surface area contributed by atoms with Gasteiger partial charge in [0.15, 0.2) is 5.52 Å². The maximum Gasteiger partial charge on any atom is 0.158 e. The second kappa shape index (κ2) is 3.64. The Hall–Kier alpha value is -2.70. The highest BCUT2D eigenvalue weighted by Gasteiger charge is 2.23. The van der Waals surface area contributed by atoms with E-state index in [1.54, 1.807) is 6.07 Å². The SMILES string of the molecule is Nc1ccc(C2=CCCc3nonc32)c2nonc12. The molecule has 2 N–H and O–H groups in total. The van der Waals surface area contributed by atoms with Gasteiger partial charge in [0.25, 0.3) is 0 Å². The molecule has 1 aromatic carbocycles. The molecule has 2 heterocycles. The number of nitrogen functional groups attached to an aromatic ring is 1. The largest absolute Gasteiger partial charge is 0.397 e. The summed E-state index contributed by atoms with van der Waals surface area (Å²) in [5.41, 5.74) is 11.0. The Labute approximate surface area is 107 Å². The van der Waals surface area contributed by atoms with Crippen molar-refractivity contribution in [1.29, 1.82) is 0 Å². The van der Waals surface area contributed by atoms with Crippen LogP contribution in [0.3, 0.4) is 0 Å². The third-order valence-electron chi connectivity index (χ3n) is 3.28. The van der Waals surface area contributed by atoms with E-state index in [0.717, 1.165) is 35.4 Å². The number of benzene rings is 1. The van der Waals surface area contributed by atoms with E-state index in [4.69, 9.17) is 15.0 Å². The predicted molar refractivity (Wildman–Crippen MR) is 65.9 cm³/mol. The molecule has 0 unspecified atom stereocenters. The minimum atomic E-state index is 0.537. The van der Waals surface area contributed by atoms with Gasteiger partial charge in [-0.3, -0.25) is 0 Å². The highest BCUT2D eigenvalue weighted by Crippen LogP contribution is 2.34. The van der Waals surface area contributed by atoms with Gasteiger partial charge in [0.1, 0.15) is 16.9 Å². The van der Waals surface area contributed by atoms with E-state index < -0.39 is 0 Å². The van der Waals surface area contributed by atoms with Crippen molar-refractivity contribution in [3.05, 3.63) is 35.2 Å². The van der Waals surface area contributed by atoms with Crippen molar-refractivity contribution in [3.8, 4) is 0 Å². The lowest BCUT2D eigenvalue weighted by atomic mass is 9.93. The van der Waals surface area contributed by atoms with Crippen LogP contribution in [0, 0.1) is 0 Å². The lowest BCUT2D eigenvalue weighted by molar-refractivity contribution is 0.302. The highest BCUT2D eigenvalue weighted by atomic mass is 16.6. The number of nitrogens with two attached hydrogens (primary N) is 1. The molecular formula is C12H9N5O2. The molecule has 0 fully saturated rings. The molecule has 0 bridgehead atoms. The molecule has 7 nitrogen and oxygen atoms in total. The zero-order chi connectivity index (χ0) is 12.8. The molecule has 1 aliphatic carbocycles. The number of allylic oxidation sites excluding steroid dienone is 1. The smallest absolute Gasteiger partial charge is 0.158 e. The van der Waals surface area contributed by atoms with Crippen molar-refractivity contribution in [2.45, 2.75) is 12.8 Å². The topological polar surface area (TPSA) is 104 Å². The van der Waals surface area contributed by atoms with Crippen LogP contribution in [0.1, 0.15) is 23.4 Å². The first-order chi connectivity index (χ1) is 9.34. The number of rotatable bonds is 1. The zero-order valence-electron chi connectivity index (χ0n) is 9.83. The number of aromatic nitrogens is 4. The molecule has 2 aromatic heterocycles. The van der Waals surface area contributed by atoms with Crippen LogP contribution in [0.5, 0.6) is 0 Å². The molecule has 3 aromatic rings. The average Bonchev–Trinajstić information content (AvgIpc) is 3.08. The molecule has 1 aliphatic rings. The molecule has 0 saturated heterocycles. The van der Waals surface area contributed by atoms with Crippen LogP contribution in [0.4, 0.5) is 5.69 Å². The fraction of sp³-hybridized carbons (Fsp3) is 0.167. The third-order valence-corrected chi connectivity index (χ3v) is 3.28. The number of hydrogen-bond acceptors (Lipinski definition) is 7. The van der Waals surface area contributed by atoms with E-state index in [9.17, 15) is 0 Å². The van der Waals surface area contributed by atoms with Gasteiger partial charge in [0, 0.05) is 11.1 Å². The third kappa shape index (κ3) is 1.38. The monoisotopic (exact) mass is 255 g/mol. The van der Waals surface area contributed by atoms with Crippen molar-refractivity contribution in [2.24, 2.45) is 0 Å². The lowest BCUT2D eigenvalue weighted by Crippen LogP contribution is -2.01. The van der Waals surface area contributed by atoms with Crippen LogP contribution >= 0.6 is 0 Å². The van der Waals surface area contributed by atoms with E-state index in [-0.39, 0.29) is 0 Å². The molecule has 0 radical (unpaired) electrons. The molecule has 94 valence electrons. The Morgan fingerprint density at radius 2 is 1.84 bits per heavy atom. The van der Waals surface area contributed by atoms with E-state index in [0.29, 0.717) is 16.7 Å². The van der Waals surface area contributed by atoms with Gasteiger partial charge >= 0.3 is 0 Å². The zero-order valence-corrected chi connectivity index (χ0v) is 9.83. The molecule has 4 rings (SSSR count). The van der Waals surface area contributed by atoms with Gasteiger partial charge in [-0.2, -0.15) is 0 Å². The number of aryl methyl sites for hydroxylation is 1. The van der Waals surface area contributed by atoms with Crippen molar-refractivity contribution in [2.75, 3.05) is 5.73 Å². The van der Waals surface area contributed by atoms with Crippen LogP contribution in [0.15, 0.2) is 27.5 Å². The van der Waals surface area contributed by atoms with E-state index in [1.165, 1.54) is 0 Å². The summed E-state index contributed by atoms with van der Waals surface area (Å²) in [7, 11) is 0. The van der Waals surface area contributed by atoms with Gasteiger partial charge in [0.2, 0.25) is 0 Å². The first-order valence-corrected chi connectivity index (χ1v) is 5.87. The van der Waals surface area contributed by atoms with Crippen LogP contribution in [-0.4, -0.2) is 20.6 Å². The molecule has 0 spiro atoms. The molecular weight excluding hydrogens is 246 g/mol. The molecule has 7 heteroatoms. The molecule has 0 saturated carbocycles. The maximum atomic E-state index is 5.85. The molecule has 0 atom stereocenters. The minimum absolute atomic E-state index is 0.537. The molecule has 0 aliphatic heterocycles. The number of hydrogen-bond donors (Lipinski definition) is 1. The summed E-state index contributed by atoms with van der Waals surface area (Å²) < 4.78 is 9.59. The van der Waals surface area contributed by atoms with Crippen molar-refractivity contribution in [1.82, 2.24) is 20.6 Å².